The van der Waals surface area contributed by atoms with E-state index < -0.39 is 11.9 Å². The van der Waals surface area contributed by atoms with Crippen LogP contribution in [0, 0.1) is 0 Å². The number of pyridine rings is 1. The standard InChI is InChI=1S/C22H20F3N5OS/c23-22(24,25)17-11-30-18(5-2-6-19(30)29-17)27-13-7-9-14(10-8-13)28-21(31)15-3-1-4-16-20(15)32-12-26-16/h1-6,11-14,27H,7-10H2,(H,28,31). The average molecular weight is 459 g/mol. The maximum atomic E-state index is 13.0. The van der Waals surface area contributed by atoms with Gasteiger partial charge in [0.05, 0.1) is 21.3 Å². The highest BCUT2D eigenvalue weighted by Gasteiger charge is 2.34. The molecule has 32 heavy (non-hydrogen) atoms. The zero-order valence-corrected chi connectivity index (χ0v) is 17.7. The SMILES string of the molecule is O=C(NC1CCC(Nc2cccc3nc(C(F)(F)F)cn23)CC1)c1cccc2ncsc12. The molecule has 1 fully saturated rings. The van der Waals surface area contributed by atoms with Crippen LogP contribution in [0.5, 0.6) is 0 Å². The fourth-order valence-electron chi connectivity index (χ4n) is 4.18. The summed E-state index contributed by atoms with van der Waals surface area (Å²) in [5.41, 5.74) is 2.53. The van der Waals surface area contributed by atoms with Crippen molar-refractivity contribution >= 4 is 38.9 Å². The van der Waals surface area contributed by atoms with E-state index in [1.807, 2.05) is 18.2 Å². The molecule has 0 radical (unpaired) electrons. The number of thiazole rings is 1. The summed E-state index contributed by atoms with van der Waals surface area (Å²) < 4.78 is 41.4. The number of amides is 1. The zero-order chi connectivity index (χ0) is 22.3. The molecular formula is C22H20F3N5OS. The Kier molecular flexibility index (Phi) is 5.24. The van der Waals surface area contributed by atoms with Crippen LogP contribution in [-0.4, -0.2) is 32.4 Å². The second kappa shape index (κ2) is 8.09. The molecule has 4 aromatic rings. The van der Waals surface area contributed by atoms with Crippen LogP contribution in [0.4, 0.5) is 19.0 Å². The molecule has 6 nitrogen and oxygen atoms in total. The summed E-state index contributed by atoms with van der Waals surface area (Å²) >= 11 is 1.45. The molecule has 3 heterocycles. The Hall–Kier alpha value is -3.14. The van der Waals surface area contributed by atoms with Gasteiger partial charge in [-0.3, -0.25) is 9.20 Å². The number of aromatic nitrogens is 3. The number of rotatable bonds is 4. The van der Waals surface area contributed by atoms with Crippen LogP contribution in [0.15, 0.2) is 48.1 Å². The molecule has 10 heteroatoms. The second-order valence-electron chi connectivity index (χ2n) is 7.94. The topological polar surface area (TPSA) is 71.3 Å². The number of hydrogen-bond donors (Lipinski definition) is 2. The largest absolute Gasteiger partial charge is 0.434 e. The molecule has 1 saturated carbocycles. The van der Waals surface area contributed by atoms with Gasteiger partial charge >= 0.3 is 6.18 Å². The molecule has 1 aliphatic carbocycles. The first kappa shape index (κ1) is 20.7. The van der Waals surface area contributed by atoms with E-state index in [0.717, 1.165) is 42.1 Å². The molecule has 5 rings (SSSR count). The summed E-state index contributed by atoms with van der Waals surface area (Å²) in [6, 6.07) is 10.7. The molecule has 0 unspecified atom stereocenters. The highest BCUT2D eigenvalue weighted by molar-refractivity contribution is 7.17. The number of carbonyl (C=O) groups excluding carboxylic acids is 1. The third kappa shape index (κ3) is 4.02. The first-order valence-electron chi connectivity index (χ1n) is 10.3. The summed E-state index contributed by atoms with van der Waals surface area (Å²) in [5, 5.41) is 6.47. The summed E-state index contributed by atoms with van der Waals surface area (Å²) in [6.07, 6.45) is -0.294. The number of hydrogen-bond acceptors (Lipinski definition) is 5. The lowest BCUT2D eigenvalue weighted by atomic mass is 9.91. The summed E-state index contributed by atoms with van der Waals surface area (Å²) in [7, 11) is 0. The average Bonchev–Trinajstić information content (AvgIpc) is 3.42. The van der Waals surface area contributed by atoms with Crippen molar-refractivity contribution in [3.8, 4) is 0 Å². The van der Waals surface area contributed by atoms with Gasteiger partial charge in [0.2, 0.25) is 0 Å². The lowest BCUT2D eigenvalue weighted by Gasteiger charge is -2.30. The summed E-state index contributed by atoms with van der Waals surface area (Å²) in [6.45, 7) is 0. The van der Waals surface area contributed by atoms with Gasteiger partial charge in [-0.2, -0.15) is 13.2 Å². The number of alkyl halides is 3. The first-order chi connectivity index (χ1) is 15.4. The fourth-order valence-corrected chi connectivity index (χ4v) is 4.99. The van der Waals surface area contributed by atoms with Crippen LogP contribution in [0.25, 0.3) is 15.9 Å². The number of fused-ring (bicyclic) bond motifs is 2. The maximum absolute atomic E-state index is 13.0. The molecule has 0 aliphatic heterocycles. The van der Waals surface area contributed by atoms with Crippen LogP contribution in [-0.2, 0) is 6.18 Å². The van der Waals surface area contributed by atoms with Crippen molar-refractivity contribution in [1.29, 1.82) is 0 Å². The number of nitrogens with one attached hydrogen (secondary N) is 2. The molecule has 166 valence electrons. The van der Waals surface area contributed by atoms with E-state index in [1.54, 1.807) is 23.7 Å². The second-order valence-corrected chi connectivity index (χ2v) is 8.79. The number of benzene rings is 1. The Morgan fingerprint density at radius 2 is 1.81 bits per heavy atom. The number of halogens is 3. The van der Waals surface area contributed by atoms with Crippen LogP contribution >= 0.6 is 11.3 Å². The van der Waals surface area contributed by atoms with E-state index >= 15 is 0 Å². The lowest BCUT2D eigenvalue weighted by Crippen LogP contribution is -2.40. The molecule has 2 N–H and O–H groups in total. The van der Waals surface area contributed by atoms with E-state index in [4.69, 9.17) is 0 Å². The Balaban J connectivity index is 1.22. The van der Waals surface area contributed by atoms with Gasteiger partial charge in [0.15, 0.2) is 5.69 Å². The minimum absolute atomic E-state index is 0.0598. The highest BCUT2D eigenvalue weighted by Crippen LogP contribution is 2.30. The van der Waals surface area contributed by atoms with Crippen LogP contribution < -0.4 is 10.6 Å². The Morgan fingerprint density at radius 1 is 1.06 bits per heavy atom. The van der Waals surface area contributed by atoms with Gasteiger partial charge in [-0.1, -0.05) is 12.1 Å². The number of nitrogens with zero attached hydrogens (tertiary/aromatic N) is 3. The third-order valence-corrected chi connectivity index (χ3v) is 6.67. The van der Waals surface area contributed by atoms with Crippen molar-refractivity contribution in [3.63, 3.8) is 0 Å². The zero-order valence-electron chi connectivity index (χ0n) is 16.9. The molecule has 1 aliphatic rings. The smallest absolute Gasteiger partial charge is 0.368 e. The Labute approximate surface area is 185 Å². The molecule has 0 bridgehead atoms. The van der Waals surface area contributed by atoms with Gasteiger partial charge in [-0.25, -0.2) is 9.97 Å². The van der Waals surface area contributed by atoms with E-state index in [0.29, 0.717) is 11.4 Å². The Morgan fingerprint density at radius 3 is 2.59 bits per heavy atom. The molecular weight excluding hydrogens is 439 g/mol. The van der Waals surface area contributed by atoms with Crippen LogP contribution in [0.1, 0.15) is 41.7 Å². The predicted octanol–water partition coefficient (Wildman–Crippen LogP) is 5.12. The lowest BCUT2D eigenvalue weighted by molar-refractivity contribution is -0.140. The fraction of sp³-hybridized carbons (Fsp3) is 0.318. The quantitative estimate of drug-likeness (QED) is 0.445. The maximum Gasteiger partial charge on any atom is 0.434 e. The van der Waals surface area contributed by atoms with Crippen molar-refractivity contribution in [2.24, 2.45) is 0 Å². The number of carbonyl (C=O) groups is 1. The summed E-state index contributed by atoms with van der Waals surface area (Å²) in [4.78, 5) is 20.7. The first-order valence-corrected chi connectivity index (χ1v) is 11.2. The molecule has 1 aromatic carbocycles. The van der Waals surface area contributed by atoms with Crippen molar-refractivity contribution in [2.45, 2.75) is 43.9 Å². The van der Waals surface area contributed by atoms with E-state index in [2.05, 4.69) is 20.6 Å². The van der Waals surface area contributed by atoms with E-state index in [1.165, 1.54) is 15.7 Å². The minimum Gasteiger partial charge on any atom is -0.368 e. The predicted molar refractivity (Wildman–Crippen MR) is 117 cm³/mol. The molecule has 0 spiro atoms. The van der Waals surface area contributed by atoms with Crippen molar-refractivity contribution < 1.29 is 18.0 Å². The van der Waals surface area contributed by atoms with Crippen LogP contribution in [0.3, 0.4) is 0 Å². The van der Waals surface area contributed by atoms with Gasteiger partial charge < -0.3 is 10.6 Å². The van der Waals surface area contributed by atoms with Gasteiger partial charge in [-0.15, -0.1) is 11.3 Å². The van der Waals surface area contributed by atoms with Crippen molar-refractivity contribution in [1.82, 2.24) is 19.7 Å². The van der Waals surface area contributed by atoms with Gasteiger partial charge in [0.25, 0.3) is 5.91 Å². The van der Waals surface area contributed by atoms with E-state index in [-0.39, 0.29) is 23.6 Å². The molecule has 3 aromatic heterocycles. The van der Waals surface area contributed by atoms with Gasteiger partial charge in [0.1, 0.15) is 11.5 Å². The Bertz CT molecular complexity index is 1270. The normalized spacial score (nSPS) is 19.3. The van der Waals surface area contributed by atoms with Gasteiger partial charge in [-0.05, 0) is 49.9 Å². The van der Waals surface area contributed by atoms with E-state index in [9.17, 15) is 18.0 Å². The molecule has 0 atom stereocenters. The van der Waals surface area contributed by atoms with Gasteiger partial charge in [0, 0.05) is 18.3 Å². The van der Waals surface area contributed by atoms with Crippen molar-refractivity contribution in [3.05, 3.63) is 59.4 Å². The number of anilines is 1. The molecule has 0 saturated heterocycles. The summed E-state index contributed by atoms with van der Waals surface area (Å²) in [5.74, 6) is 0.481. The minimum atomic E-state index is -4.48. The van der Waals surface area contributed by atoms with Crippen LogP contribution in [0.2, 0.25) is 0 Å². The highest BCUT2D eigenvalue weighted by atomic mass is 32.1. The van der Waals surface area contributed by atoms with Crippen molar-refractivity contribution in [2.75, 3.05) is 5.32 Å². The third-order valence-electron chi connectivity index (χ3n) is 5.80. The number of imidazole rings is 1. The molecule has 1 amide bonds. The monoisotopic (exact) mass is 459 g/mol.